The Morgan fingerprint density at radius 3 is 3.40 bits per heavy atom. The fourth-order valence-electron chi connectivity index (χ4n) is 2.40. The van der Waals surface area contributed by atoms with Crippen LogP contribution in [0.1, 0.15) is 29.9 Å². The van der Waals surface area contributed by atoms with E-state index in [4.69, 9.17) is 4.52 Å². The van der Waals surface area contributed by atoms with Crippen molar-refractivity contribution in [1.82, 2.24) is 10.5 Å². The monoisotopic (exact) mass is 224 g/mol. The molecule has 0 amide bonds. The van der Waals surface area contributed by atoms with E-state index in [0.717, 1.165) is 30.9 Å². The summed E-state index contributed by atoms with van der Waals surface area (Å²) in [6.45, 7) is 1.16. The summed E-state index contributed by atoms with van der Waals surface area (Å²) in [5, 5.41) is 7.69. The SMILES string of the molecule is C1CNC(Cc2onc3c2CSCC3)C1. The highest BCUT2D eigenvalue weighted by molar-refractivity contribution is 7.98. The van der Waals surface area contributed by atoms with Crippen LogP contribution in [0.5, 0.6) is 0 Å². The van der Waals surface area contributed by atoms with E-state index >= 15 is 0 Å². The zero-order chi connectivity index (χ0) is 10.1. The molecule has 1 aromatic rings. The van der Waals surface area contributed by atoms with Crippen LogP contribution in [-0.2, 0) is 18.6 Å². The zero-order valence-corrected chi connectivity index (χ0v) is 9.61. The van der Waals surface area contributed by atoms with Crippen LogP contribution in [0, 0.1) is 0 Å². The Labute approximate surface area is 94.0 Å². The summed E-state index contributed by atoms with van der Waals surface area (Å²) >= 11 is 1.99. The number of hydrogen-bond donors (Lipinski definition) is 1. The molecule has 82 valence electrons. The smallest absolute Gasteiger partial charge is 0.142 e. The summed E-state index contributed by atoms with van der Waals surface area (Å²) < 4.78 is 5.48. The predicted molar refractivity (Wildman–Crippen MR) is 61.1 cm³/mol. The molecule has 0 bridgehead atoms. The first-order valence-corrected chi connectivity index (χ1v) is 6.86. The van der Waals surface area contributed by atoms with Gasteiger partial charge in [0.05, 0.1) is 5.69 Å². The molecule has 0 spiro atoms. The van der Waals surface area contributed by atoms with Gasteiger partial charge in [-0.15, -0.1) is 0 Å². The molecule has 1 atom stereocenters. The topological polar surface area (TPSA) is 38.1 Å². The number of thioether (sulfide) groups is 1. The Morgan fingerprint density at radius 1 is 1.53 bits per heavy atom. The summed E-state index contributed by atoms with van der Waals surface area (Å²) in [4.78, 5) is 0. The van der Waals surface area contributed by atoms with Gasteiger partial charge in [0, 0.05) is 30.2 Å². The fraction of sp³-hybridized carbons (Fsp3) is 0.727. The molecule has 1 unspecified atom stereocenters. The van der Waals surface area contributed by atoms with Crippen molar-refractivity contribution in [3.8, 4) is 0 Å². The standard InChI is InChI=1S/C11H16N2OS/c1-2-8(12-4-1)6-11-9-7-15-5-3-10(9)13-14-11/h8,12H,1-7H2. The summed E-state index contributed by atoms with van der Waals surface area (Å²) in [6, 6.07) is 0.619. The second-order valence-corrected chi connectivity index (χ2v) is 5.44. The van der Waals surface area contributed by atoms with Crippen molar-refractivity contribution in [2.24, 2.45) is 0 Å². The van der Waals surface area contributed by atoms with Crippen LogP contribution in [0.15, 0.2) is 4.52 Å². The Morgan fingerprint density at radius 2 is 2.53 bits per heavy atom. The molecule has 0 aromatic carbocycles. The average Bonchev–Trinajstić information content (AvgIpc) is 2.89. The highest BCUT2D eigenvalue weighted by Crippen LogP contribution is 2.28. The van der Waals surface area contributed by atoms with Crippen LogP contribution in [0.4, 0.5) is 0 Å². The molecule has 2 aliphatic heterocycles. The van der Waals surface area contributed by atoms with Gasteiger partial charge in [0.15, 0.2) is 0 Å². The molecule has 1 aromatic heterocycles. The van der Waals surface area contributed by atoms with Crippen molar-refractivity contribution < 1.29 is 4.52 Å². The van der Waals surface area contributed by atoms with Gasteiger partial charge in [0.1, 0.15) is 5.76 Å². The van der Waals surface area contributed by atoms with Gasteiger partial charge in [-0.2, -0.15) is 11.8 Å². The van der Waals surface area contributed by atoms with Gasteiger partial charge in [-0.3, -0.25) is 0 Å². The van der Waals surface area contributed by atoms with Gasteiger partial charge in [-0.1, -0.05) is 5.16 Å². The lowest BCUT2D eigenvalue weighted by molar-refractivity contribution is 0.364. The van der Waals surface area contributed by atoms with E-state index in [0.29, 0.717) is 6.04 Å². The Bertz CT molecular complexity index is 344. The Hall–Kier alpha value is -0.480. The number of nitrogens with zero attached hydrogens (tertiary/aromatic N) is 1. The number of hydrogen-bond acceptors (Lipinski definition) is 4. The average molecular weight is 224 g/mol. The van der Waals surface area contributed by atoms with E-state index in [1.165, 1.54) is 29.9 Å². The molecule has 1 fully saturated rings. The van der Waals surface area contributed by atoms with Gasteiger partial charge in [-0.05, 0) is 25.1 Å². The molecule has 2 aliphatic rings. The first-order valence-electron chi connectivity index (χ1n) is 5.71. The maximum absolute atomic E-state index is 5.48. The minimum Gasteiger partial charge on any atom is -0.361 e. The van der Waals surface area contributed by atoms with E-state index < -0.39 is 0 Å². The second-order valence-electron chi connectivity index (χ2n) is 4.33. The summed E-state index contributed by atoms with van der Waals surface area (Å²) in [5.74, 6) is 3.43. The first kappa shape index (κ1) is 9.73. The zero-order valence-electron chi connectivity index (χ0n) is 8.79. The summed E-state index contributed by atoms with van der Waals surface area (Å²) in [7, 11) is 0. The van der Waals surface area contributed by atoms with Crippen molar-refractivity contribution in [3.63, 3.8) is 0 Å². The lowest BCUT2D eigenvalue weighted by Crippen LogP contribution is -2.24. The maximum Gasteiger partial charge on any atom is 0.142 e. The lowest BCUT2D eigenvalue weighted by atomic mass is 10.1. The largest absolute Gasteiger partial charge is 0.361 e. The van der Waals surface area contributed by atoms with Gasteiger partial charge in [0.2, 0.25) is 0 Å². The van der Waals surface area contributed by atoms with Gasteiger partial charge >= 0.3 is 0 Å². The van der Waals surface area contributed by atoms with Crippen LogP contribution >= 0.6 is 11.8 Å². The molecule has 0 aliphatic carbocycles. The first-order chi connectivity index (χ1) is 7.43. The number of nitrogens with one attached hydrogen (secondary N) is 1. The van der Waals surface area contributed by atoms with Crippen molar-refractivity contribution in [2.45, 2.75) is 37.5 Å². The van der Waals surface area contributed by atoms with Crippen LogP contribution in [0.3, 0.4) is 0 Å². The Balaban J connectivity index is 1.76. The summed E-state index contributed by atoms with van der Waals surface area (Å²) in [6.07, 6.45) is 4.70. The molecule has 3 nitrogen and oxygen atoms in total. The van der Waals surface area contributed by atoms with Crippen LogP contribution in [0.25, 0.3) is 0 Å². The molecule has 0 saturated carbocycles. The number of fused-ring (bicyclic) bond motifs is 1. The third kappa shape index (κ3) is 1.93. The molecular weight excluding hydrogens is 208 g/mol. The highest BCUT2D eigenvalue weighted by Gasteiger charge is 2.23. The third-order valence-corrected chi connectivity index (χ3v) is 4.26. The van der Waals surface area contributed by atoms with Crippen molar-refractivity contribution >= 4 is 11.8 Å². The lowest BCUT2D eigenvalue weighted by Gasteiger charge is -2.11. The minimum absolute atomic E-state index is 0.619. The van der Waals surface area contributed by atoms with Crippen LogP contribution in [-0.4, -0.2) is 23.5 Å². The summed E-state index contributed by atoms with van der Waals surface area (Å²) in [5.41, 5.74) is 2.60. The van der Waals surface area contributed by atoms with E-state index in [1.807, 2.05) is 11.8 Å². The van der Waals surface area contributed by atoms with Gasteiger partial charge < -0.3 is 9.84 Å². The van der Waals surface area contributed by atoms with Crippen LogP contribution in [0.2, 0.25) is 0 Å². The third-order valence-electron chi connectivity index (χ3n) is 3.27. The van der Waals surface area contributed by atoms with E-state index in [2.05, 4.69) is 10.5 Å². The van der Waals surface area contributed by atoms with E-state index in [-0.39, 0.29) is 0 Å². The molecule has 15 heavy (non-hydrogen) atoms. The molecule has 3 rings (SSSR count). The van der Waals surface area contributed by atoms with Crippen molar-refractivity contribution in [3.05, 3.63) is 17.0 Å². The minimum atomic E-state index is 0.619. The maximum atomic E-state index is 5.48. The van der Waals surface area contributed by atoms with Gasteiger partial charge in [0.25, 0.3) is 0 Å². The molecule has 3 heterocycles. The van der Waals surface area contributed by atoms with E-state index in [1.54, 1.807) is 0 Å². The van der Waals surface area contributed by atoms with Crippen molar-refractivity contribution in [2.75, 3.05) is 12.3 Å². The number of rotatable bonds is 2. The number of aryl methyl sites for hydroxylation is 1. The second kappa shape index (κ2) is 4.18. The fourth-order valence-corrected chi connectivity index (χ4v) is 3.41. The number of aromatic nitrogens is 1. The molecule has 1 N–H and O–H groups in total. The van der Waals surface area contributed by atoms with E-state index in [9.17, 15) is 0 Å². The molecule has 1 saturated heterocycles. The molecular formula is C11H16N2OS. The molecule has 0 radical (unpaired) electrons. The Kier molecular flexibility index (Phi) is 2.71. The van der Waals surface area contributed by atoms with Crippen LogP contribution < -0.4 is 5.32 Å². The molecule has 4 heteroatoms. The predicted octanol–water partition coefficient (Wildman–Crippen LogP) is 1.76. The van der Waals surface area contributed by atoms with Crippen molar-refractivity contribution in [1.29, 1.82) is 0 Å². The quantitative estimate of drug-likeness (QED) is 0.830. The highest BCUT2D eigenvalue weighted by atomic mass is 32.2. The normalized spacial score (nSPS) is 25.5. The van der Waals surface area contributed by atoms with Gasteiger partial charge in [-0.25, -0.2) is 0 Å².